The molecule has 2 rings (SSSR count). The molecule has 0 atom stereocenters. The van der Waals surface area contributed by atoms with Crippen LogP contribution in [0.25, 0.3) is 0 Å². The first-order valence-corrected chi connectivity index (χ1v) is 4.67. The zero-order valence-electron chi connectivity index (χ0n) is 8.81. The molecule has 0 amide bonds. The summed E-state index contributed by atoms with van der Waals surface area (Å²) in [6.07, 6.45) is 5.43. The van der Waals surface area contributed by atoms with Crippen LogP contribution in [0.4, 0.5) is 5.82 Å². The van der Waals surface area contributed by atoms with Gasteiger partial charge < -0.3 is 9.99 Å². The van der Waals surface area contributed by atoms with Crippen LogP contribution in [0.3, 0.4) is 0 Å². The Kier molecular flexibility index (Phi) is 2.42. The lowest BCUT2D eigenvalue weighted by Crippen LogP contribution is -2.13. The minimum atomic E-state index is 0.721. The number of hydrazine groups is 1. The van der Waals surface area contributed by atoms with Crippen LogP contribution in [0.15, 0.2) is 18.7 Å². The van der Waals surface area contributed by atoms with Gasteiger partial charge in [0.25, 0.3) is 0 Å². The summed E-state index contributed by atoms with van der Waals surface area (Å²) in [6.45, 7) is 2.69. The number of nitrogen functional groups attached to an aromatic ring is 1. The maximum absolute atomic E-state index is 5.46. The number of nitrogens with zero attached hydrogens (tertiary/aromatic N) is 4. The standard InChI is InChI=1S/C9H14N6/c1-7-8(5-15-4-3-11-6-15)9(12-10)14(2)13-7/h3-4,6,12H,5,10H2,1-2H3. The average Bonchev–Trinajstić information content (AvgIpc) is 2.77. The number of anilines is 1. The Morgan fingerprint density at radius 1 is 1.53 bits per heavy atom. The molecule has 3 N–H and O–H groups in total. The van der Waals surface area contributed by atoms with Crippen LogP contribution in [0.2, 0.25) is 0 Å². The van der Waals surface area contributed by atoms with E-state index in [0.717, 1.165) is 23.6 Å². The average molecular weight is 206 g/mol. The van der Waals surface area contributed by atoms with E-state index in [0.29, 0.717) is 0 Å². The lowest BCUT2D eigenvalue weighted by atomic mass is 10.2. The molecule has 15 heavy (non-hydrogen) atoms. The van der Waals surface area contributed by atoms with Crippen molar-refractivity contribution in [2.45, 2.75) is 13.5 Å². The highest BCUT2D eigenvalue weighted by Crippen LogP contribution is 2.18. The quantitative estimate of drug-likeness (QED) is 0.558. The molecule has 0 saturated heterocycles. The van der Waals surface area contributed by atoms with Gasteiger partial charge >= 0.3 is 0 Å². The Balaban J connectivity index is 2.35. The minimum Gasteiger partial charge on any atom is -0.333 e. The fourth-order valence-corrected chi connectivity index (χ4v) is 1.63. The molecular weight excluding hydrogens is 192 g/mol. The van der Waals surface area contributed by atoms with Crippen molar-refractivity contribution in [3.05, 3.63) is 30.0 Å². The van der Waals surface area contributed by atoms with Gasteiger partial charge in [0, 0.05) is 25.0 Å². The van der Waals surface area contributed by atoms with Gasteiger partial charge in [-0.15, -0.1) is 0 Å². The summed E-state index contributed by atoms with van der Waals surface area (Å²) in [6, 6.07) is 0. The number of nitrogens with one attached hydrogen (secondary N) is 1. The van der Waals surface area contributed by atoms with Crippen molar-refractivity contribution in [2.75, 3.05) is 5.43 Å². The molecule has 0 aliphatic heterocycles. The second-order valence-electron chi connectivity index (χ2n) is 3.42. The summed E-state index contributed by atoms with van der Waals surface area (Å²) in [7, 11) is 1.86. The van der Waals surface area contributed by atoms with Crippen molar-refractivity contribution in [3.8, 4) is 0 Å². The zero-order chi connectivity index (χ0) is 10.8. The van der Waals surface area contributed by atoms with Gasteiger partial charge in [0.05, 0.1) is 18.6 Å². The van der Waals surface area contributed by atoms with Crippen molar-refractivity contribution >= 4 is 5.82 Å². The Morgan fingerprint density at radius 2 is 2.33 bits per heavy atom. The number of hydrogen-bond donors (Lipinski definition) is 2. The van der Waals surface area contributed by atoms with Crippen molar-refractivity contribution in [1.29, 1.82) is 0 Å². The van der Waals surface area contributed by atoms with E-state index in [1.54, 1.807) is 17.2 Å². The number of imidazole rings is 1. The molecule has 6 nitrogen and oxygen atoms in total. The molecule has 0 unspecified atom stereocenters. The van der Waals surface area contributed by atoms with Gasteiger partial charge in [-0.1, -0.05) is 0 Å². The van der Waals surface area contributed by atoms with Crippen molar-refractivity contribution in [1.82, 2.24) is 19.3 Å². The van der Waals surface area contributed by atoms with Gasteiger partial charge in [0.2, 0.25) is 0 Å². The Hall–Kier alpha value is -1.82. The van der Waals surface area contributed by atoms with E-state index in [9.17, 15) is 0 Å². The highest BCUT2D eigenvalue weighted by atomic mass is 15.4. The maximum Gasteiger partial charge on any atom is 0.143 e. The van der Waals surface area contributed by atoms with E-state index >= 15 is 0 Å². The molecule has 2 aromatic rings. The van der Waals surface area contributed by atoms with Crippen LogP contribution in [0.5, 0.6) is 0 Å². The number of rotatable bonds is 3. The lowest BCUT2D eigenvalue weighted by molar-refractivity contribution is 0.760. The van der Waals surface area contributed by atoms with Gasteiger partial charge in [-0.3, -0.25) is 4.68 Å². The molecule has 0 saturated carbocycles. The molecule has 2 aromatic heterocycles. The highest BCUT2D eigenvalue weighted by Gasteiger charge is 2.11. The van der Waals surface area contributed by atoms with Gasteiger partial charge in [-0.05, 0) is 6.92 Å². The molecule has 0 aliphatic carbocycles. The van der Waals surface area contributed by atoms with Crippen molar-refractivity contribution in [2.24, 2.45) is 12.9 Å². The number of nitrogens with two attached hydrogens (primary N) is 1. The van der Waals surface area contributed by atoms with Crippen molar-refractivity contribution in [3.63, 3.8) is 0 Å². The van der Waals surface area contributed by atoms with Gasteiger partial charge in [0.1, 0.15) is 5.82 Å². The summed E-state index contributed by atoms with van der Waals surface area (Å²) >= 11 is 0. The molecule has 0 spiro atoms. The first-order chi connectivity index (χ1) is 7.22. The number of hydrogen-bond acceptors (Lipinski definition) is 4. The van der Waals surface area contributed by atoms with Crippen LogP contribution >= 0.6 is 0 Å². The minimum absolute atomic E-state index is 0.721. The SMILES string of the molecule is Cc1nn(C)c(NN)c1Cn1ccnc1. The fourth-order valence-electron chi connectivity index (χ4n) is 1.63. The van der Waals surface area contributed by atoms with E-state index in [2.05, 4.69) is 15.5 Å². The predicted molar refractivity (Wildman–Crippen MR) is 57.1 cm³/mol. The third kappa shape index (κ3) is 1.71. The van der Waals surface area contributed by atoms with E-state index < -0.39 is 0 Å². The Morgan fingerprint density at radius 3 is 2.93 bits per heavy atom. The molecule has 0 radical (unpaired) electrons. The van der Waals surface area contributed by atoms with Crippen molar-refractivity contribution < 1.29 is 0 Å². The smallest absolute Gasteiger partial charge is 0.143 e. The maximum atomic E-state index is 5.46. The first-order valence-electron chi connectivity index (χ1n) is 4.67. The summed E-state index contributed by atoms with van der Waals surface area (Å²) in [5, 5.41) is 4.30. The molecule has 6 heteroatoms. The van der Waals surface area contributed by atoms with Crippen LogP contribution in [-0.4, -0.2) is 19.3 Å². The lowest BCUT2D eigenvalue weighted by Gasteiger charge is -2.05. The third-order valence-electron chi connectivity index (χ3n) is 2.38. The van der Waals surface area contributed by atoms with Crippen LogP contribution in [0, 0.1) is 6.92 Å². The highest BCUT2D eigenvalue weighted by molar-refractivity contribution is 5.46. The second-order valence-corrected chi connectivity index (χ2v) is 3.42. The molecule has 80 valence electrons. The summed E-state index contributed by atoms with van der Waals surface area (Å²) in [5.74, 6) is 6.29. The molecule has 0 aromatic carbocycles. The molecule has 0 aliphatic rings. The number of aromatic nitrogens is 4. The second kappa shape index (κ2) is 3.74. The molecule has 2 heterocycles. The van der Waals surface area contributed by atoms with Gasteiger partial charge in [-0.25, -0.2) is 10.8 Å². The first kappa shape index (κ1) is 9.72. The molecule has 0 bridgehead atoms. The fraction of sp³-hybridized carbons (Fsp3) is 0.333. The largest absolute Gasteiger partial charge is 0.333 e. The van der Waals surface area contributed by atoms with Crippen LogP contribution in [0.1, 0.15) is 11.3 Å². The van der Waals surface area contributed by atoms with Gasteiger partial charge in [-0.2, -0.15) is 5.10 Å². The number of aryl methyl sites for hydroxylation is 2. The summed E-state index contributed by atoms with van der Waals surface area (Å²) < 4.78 is 3.71. The third-order valence-corrected chi connectivity index (χ3v) is 2.38. The molecular formula is C9H14N6. The van der Waals surface area contributed by atoms with Gasteiger partial charge in [0.15, 0.2) is 0 Å². The zero-order valence-corrected chi connectivity index (χ0v) is 8.81. The van der Waals surface area contributed by atoms with E-state index in [1.807, 2.05) is 24.7 Å². The summed E-state index contributed by atoms with van der Waals surface area (Å²) in [4.78, 5) is 3.99. The normalized spacial score (nSPS) is 10.6. The van der Waals surface area contributed by atoms with Crippen LogP contribution < -0.4 is 11.3 Å². The monoisotopic (exact) mass is 206 g/mol. The predicted octanol–water partition coefficient (Wildman–Crippen LogP) is 0.259. The van der Waals surface area contributed by atoms with E-state index in [4.69, 9.17) is 5.84 Å². The Labute approximate surface area is 87.7 Å². The topological polar surface area (TPSA) is 73.7 Å². The van der Waals surface area contributed by atoms with Crippen LogP contribution in [-0.2, 0) is 13.6 Å². The Bertz CT molecular complexity index is 441. The summed E-state index contributed by atoms with van der Waals surface area (Å²) in [5.41, 5.74) is 4.72. The molecule has 0 fully saturated rings. The van der Waals surface area contributed by atoms with E-state index in [-0.39, 0.29) is 0 Å². The van der Waals surface area contributed by atoms with E-state index in [1.165, 1.54) is 0 Å².